The summed E-state index contributed by atoms with van der Waals surface area (Å²) in [7, 11) is 0. The summed E-state index contributed by atoms with van der Waals surface area (Å²) < 4.78 is 5.37. The molecule has 0 radical (unpaired) electrons. The summed E-state index contributed by atoms with van der Waals surface area (Å²) >= 11 is 0. The quantitative estimate of drug-likeness (QED) is 0.663. The second kappa shape index (κ2) is 4.60. The molecule has 14 heavy (non-hydrogen) atoms. The molecule has 2 aliphatic rings. The third-order valence-electron chi connectivity index (χ3n) is 3.57. The number of ether oxygens (including phenoxy) is 1. The van der Waals surface area contributed by atoms with Gasteiger partial charge in [-0.25, -0.2) is 0 Å². The number of nitrogens with zero attached hydrogens (tertiary/aromatic N) is 1. The minimum atomic E-state index is 0.548. The fourth-order valence-electron chi connectivity index (χ4n) is 2.66. The summed E-state index contributed by atoms with van der Waals surface area (Å²) in [5.74, 6) is 0. The standard InChI is InChI=1S/C11H22N2O/c1-2-14-8-4-7-13-6-3-5-11(13)9-12-10-11/h12H,2-10H2,1H3. The zero-order valence-electron chi connectivity index (χ0n) is 9.22. The van der Waals surface area contributed by atoms with Gasteiger partial charge in [-0.15, -0.1) is 0 Å². The van der Waals surface area contributed by atoms with Crippen molar-refractivity contribution in [3.8, 4) is 0 Å². The van der Waals surface area contributed by atoms with Crippen molar-refractivity contribution in [2.24, 2.45) is 0 Å². The Bertz CT molecular complexity index is 180. The lowest BCUT2D eigenvalue weighted by molar-refractivity contribution is 0.0641. The van der Waals surface area contributed by atoms with Crippen LogP contribution in [0, 0.1) is 0 Å². The van der Waals surface area contributed by atoms with Crippen molar-refractivity contribution in [1.82, 2.24) is 10.2 Å². The molecular weight excluding hydrogens is 176 g/mol. The zero-order valence-corrected chi connectivity index (χ0v) is 9.22. The molecule has 2 saturated heterocycles. The maximum Gasteiger partial charge on any atom is 0.0478 e. The number of rotatable bonds is 5. The van der Waals surface area contributed by atoms with Gasteiger partial charge in [-0.2, -0.15) is 0 Å². The van der Waals surface area contributed by atoms with Crippen LogP contribution in [0.5, 0.6) is 0 Å². The Labute approximate surface area is 86.8 Å². The van der Waals surface area contributed by atoms with E-state index in [4.69, 9.17) is 4.74 Å². The van der Waals surface area contributed by atoms with E-state index in [-0.39, 0.29) is 0 Å². The summed E-state index contributed by atoms with van der Waals surface area (Å²) in [6.45, 7) is 8.79. The molecular formula is C11H22N2O. The molecule has 3 nitrogen and oxygen atoms in total. The summed E-state index contributed by atoms with van der Waals surface area (Å²) in [5.41, 5.74) is 0.548. The van der Waals surface area contributed by atoms with Gasteiger partial charge < -0.3 is 10.1 Å². The van der Waals surface area contributed by atoms with Gasteiger partial charge in [-0.1, -0.05) is 0 Å². The van der Waals surface area contributed by atoms with Crippen molar-refractivity contribution >= 4 is 0 Å². The first kappa shape index (κ1) is 10.4. The Morgan fingerprint density at radius 1 is 1.43 bits per heavy atom. The fourth-order valence-corrected chi connectivity index (χ4v) is 2.66. The Hall–Kier alpha value is -0.120. The van der Waals surface area contributed by atoms with Crippen molar-refractivity contribution in [2.75, 3.05) is 39.4 Å². The molecule has 0 bridgehead atoms. The minimum absolute atomic E-state index is 0.548. The maximum absolute atomic E-state index is 5.37. The first-order chi connectivity index (χ1) is 6.87. The highest BCUT2D eigenvalue weighted by atomic mass is 16.5. The molecule has 0 atom stereocenters. The van der Waals surface area contributed by atoms with E-state index in [1.807, 2.05) is 0 Å². The highest BCUT2D eigenvalue weighted by molar-refractivity contribution is 5.05. The largest absolute Gasteiger partial charge is 0.382 e. The van der Waals surface area contributed by atoms with Gasteiger partial charge in [0.1, 0.15) is 0 Å². The Morgan fingerprint density at radius 2 is 2.29 bits per heavy atom. The lowest BCUT2D eigenvalue weighted by Gasteiger charge is -2.46. The number of likely N-dealkylation sites (tertiary alicyclic amines) is 1. The second-order valence-corrected chi connectivity index (χ2v) is 4.47. The summed E-state index contributed by atoms with van der Waals surface area (Å²) in [6, 6.07) is 0. The van der Waals surface area contributed by atoms with Crippen molar-refractivity contribution in [3.63, 3.8) is 0 Å². The summed E-state index contributed by atoms with van der Waals surface area (Å²) in [5, 5.41) is 3.40. The molecule has 2 rings (SSSR count). The van der Waals surface area contributed by atoms with E-state index in [1.165, 1.54) is 45.4 Å². The first-order valence-electron chi connectivity index (χ1n) is 5.91. The van der Waals surface area contributed by atoms with E-state index >= 15 is 0 Å². The van der Waals surface area contributed by atoms with Crippen molar-refractivity contribution < 1.29 is 4.74 Å². The fraction of sp³-hybridized carbons (Fsp3) is 1.00. The Balaban J connectivity index is 1.69. The third kappa shape index (κ3) is 1.95. The van der Waals surface area contributed by atoms with Crippen molar-refractivity contribution in [1.29, 1.82) is 0 Å². The molecule has 82 valence electrons. The summed E-state index contributed by atoms with van der Waals surface area (Å²) in [4.78, 5) is 2.67. The van der Waals surface area contributed by atoms with Crippen LogP contribution in [-0.2, 0) is 4.74 Å². The molecule has 0 unspecified atom stereocenters. The summed E-state index contributed by atoms with van der Waals surface area (Å²) in [6.07, 6.45) is 3.97. The van der Waals surface area contributed by atoms with E-state index in [9.17, 15) is 0 Å². The molecule has 2 heterocycles. The molecule has 3 heteroatoms. The smallest absolute Gasteiger partial charge is 0.0478 e. The van der Waals surface area contributed by atoms with Crippen LogP contribution in [-0.4, -0.2) is 49.8 Å². The second-order valence-electron chi connectivity index (χ2n) is 4.47. The molecule has 0 aromatic heterocycles. The average Bonchev–Trinajstić information content (AvgIpc) is 2.55. The SMILES string of the molecule is CCOCCCN1CCCC12CNC2. The topological polar surface area (TPSA) is 24.5 Å². The van der Waals surface area contributed by atoms with E-state index in [1.54, 1.807) is 0 Å². The monoisotopic (exact) mass is 198 g/mol. The van der Waals surface area contributed by atoms with Crippen molar-refractivity contribution in [3.05, 3.63) is 0 Å². The minimum Gasteiger partial charge on any atom is -0.382 e. The molecule has 0 aliphatic carbocycles. The number of nitrogens with one attached hydrogen (secondary N) is 1. The first-order valence-corrected chi connectivity index (χ1v) is 5.91. The Kier molecular flexibility index (Phi) is 3.42. The van der Waals surface area contributed by atoms with Gasteiger partial charge >= 0.3 is 0 Å². The number of hydrogen-bond donors (Lipinski definition) is 1. The van der Waals surface area contributed by atoms with E-state index in [0.717, 1.165) is 13.2 Å². The molecule has 2 fully saturated rings. The molecule has 0 saturated carbocycles. The van der Waals surface area contributed by atoms with E-state index < -0.39 is 0 Å². The van der Waals surface area contributed by atoms with E-state index in [2.05, 4.69) is 17.1 Å². The molecule has 1 N–H and O–H groups in total. The molecule has 0 amide bonds. The highest BCUT2D eigenvalue weighted by Crippen LogP contribution is 2.32. The highest BCUT2D eigenvalue weighted by Gasteiger charge is 2.44. The van der Waals surface area contributed by atoms with Crippen LogP contribution in [0.1, 0.15) is 26.2 Å². The van der Waals surface area contributed by atoms with E-state index in [0.29, 0.717) is 5.54 Å². The molecule has 0 aromatic carbocycles. The Morgan fingerprint density at radius 3 is 2.93 bits per heavy atom. The maximum atomic E-state index is 5.37. The lowest BCUT2D eigenvalue weighted by atomic mass is 9.89. The van der Waals surface area contributed by atoms with Crippen LogP contribution >= 0.6 is 0 Å². The molecule has 0 aromatic rings. The number of hydrogen-bond acceptors (Lipinski definition) is 3. The predicted molar refractivity (Wildman–Crippen MR) is 57.5 cm³/mol. The van der Waals surface area contributed by atoms with Gasteiger partial charge in [-0.3, -0.25) is 4.90 Å². The van der Waals surface area contributed by atoms with Crippen LogP contribution in [0.25, 0.3) is 0 Å². The lowest BCUT2D eigenvalue weighted by Crippen LogP contribution is -2.66. The van der Waals surface area contributed by atoms with Gasteiger partial charge in [0, 0.05) is 38.4 Å². The average molecular weight is 198 g/mol. The van der Waals surface area contributed by atoms with Gasteiger partial charge in [0.25, 0.3) is 0 Å². The van der Waals surface area contributed by atoms with Gasteiger partial charge in [-0.05, 0) is 32.7 Å². The zero-order chi connectivity index (χ0) is 9.86. The van der Waals surface area contributed by atoms with Crippen LogP contribution in [0.15, 0.2) is 0 Å². The van der Waals surface area contributed by atoms with Crippen LogP contribution in [0.4, 0.5) is 0 Å². The van der Waals surface area contributed by atoms with Gasteiger partial charge in [0.15, 0.2) is 0 Å². The van der Waals surface area contributed by atoms with Gasteiger partial charge in [0.2, 0.25) is 0 Å². The van der Waals surface area contributed by atoms with Gasteiger partial charge in [0.05, 0.1) is 0 Å². The third-order valence-corrected chi connectivity index (χ3v) is 3.57. The van der Waals surface area contributed by atoms with Crippen molar-refractivity contribution in [2.45, 2.75) is 31.7 Å². The van der Waals surface area contributed by atoms with Crippen LogP contribution < -0.4 is 5.32 Å². The predicted octanol–water partition coefficient (Wildman–Crippen LogP) is 0.851. The molecule has 2 aliphatic heterocycles. The molecule has 1 spiro atoms. The normalized spacial score (nSPS) is 25.5. The van der Waals surface area contributed by atoms with Crippen LogP contribution in [0.2, 0.25) is 0 Å². The van der Waals surface area contributed by atoms with Crippen LogP contribution in [0.3, 0.4) is 0 Å².